The second kappa shape index (κ2) is 6.30. The zero-order valence-electron chi connectivity index (χ0n) is 11.9. The number of benzene rings is 1. The molecule has 0 spiro atoms. The molecule has 1 atom stereocenters. The third-order valence-corrected chi connectivity index (χ3v) is 5.25. The minimum absolute atomic E-state index is 0.0394. The van der Waals surface area contributed by atoms with Gasteiger partial charge in [0.15, 0.2) is 5.78 Å². The highest BCUT2D eigenvalue weighted by molar-refractivity contribution is 7.89. The van der Waals surface area contributed by atoms with E-state index in [4.69, 9.17) is 0 Å². The smallest absolute Gasteiger partial charge is 0.243 e. The van der Waals surface area contributed by atoms with E-state index >= 15 is 0 Å². The fourth-order valence-corrected chi connectivity index (χ4v) is 3.26. The largest absolute Gasteiger partial charge is 0.295 e. The van der Waals surface area contributed by atoms with Crippen molar-refractivity contribution >= 4 is 15.8 Å². The number of ketones is 1. The second-order valence-corrected chi connectivity index (χ2v) is 6.74. The van der Waals surface area contributed by atoms with Crippen LogP contribution in [0, 0.1) is 0 Å². The van der Waals surface area contributed by atoms with Crippen LogP contribution < -0.4 is 0 Å². The van der Waals surface area contributed by atoms with Crippen molar-refractivity contribution < 1.29 is 13.2 Å². The SMILES string of the molecule is CCCC(C)N(C)S(=O)(=O)c1ccc(C(C)=O)cc1. The van der Waals surface area contributed by atoms with Gasteiger partial charge in [-0.15, -0.1) is 0 Å². The lowest BCUT2D eigenvalue weighted by Gasteiger charge is -2.24. The molecule has 0 heterocycles. The summed E-state index contributed by atoms with van der Waals surface area (Å²) >= 11 is 0. The monoisotopic (exact) mass is 283 g/mol. The van der Waals surface area contributed by atoms with Crippen LogP contribution in [0.5, 0.6) is 0 Å². The average molecular weight is 283 g/mol. The van der Waals surface area contributed by atoms with Gasteiger partial charge in [0.1, 0.15) is 0 Å². The molecule has 0 radical (unpaired) electrons. The van der Waals surface area contributed by atoms with Crippen molar-refractivity contribution in [1.82, 2.24) is 4.31 Å². The van der Waals surface area contributed by atoms with E-state index in [0.29, 0.717) is 5.56 Å². The highest BCUT2D eigenvalue weighted by Gasteiger charge is 2.24. The molecule has 19 heavy (non-hydrogen) atoms. The van der Waals surface area contributed by atoms with Crippen LogP contribution in [0.15, 0.2) is 29.2 Å². The molecule has 0 bridgehead atoms. The molecule has 0 fully saturated rings. The molecule has 0 aromatic heterocycles. The Labute approximate surface area is 115 Å². The van der Waals surface area contributed by atoms with Crippen molar-refractivity contribution in [2.45, 2.75) is 44.6 Å². The number of rotatable bonds is 6. The molecule has 1 unspecified atom stereocenters. The van der Waals surface area contributed by atoms with Gasteiger partial charge in [0.2, 0.25) is 10.0 Å². The summed E-state index contributed by atoms with van der Waals surface area (Å²) in [6, 6.07) is 6.03. The number of nitrogens with zero attached hydrogens (tertiary/aromatic N) is 1. The van der Waals surface area contributed by atoms with E-state index in [1.54, 1.807) is 19.2 Å². The van der Waals surface area contributed by atoms with E-state index in [-0.39, 0.29) is 16.7 Å². The van der Waals surface area contributed by atoms with Crippen molar-refractivity contribution in [2.75, 3.05) is 7.05 Å². The summed E-state index contributed by atoms with van der Waals surface area (Å²) < 4.78 is 26.1. The number of carbonyl (C=O) groups is 1. The lowest BCUT2D eigenvalue weighted by atomic mass is 10.2. The maximum atomic E-state index is 12.4. The Morgan fingerprint density at radius 3 is 2.21 bits per heavy atom. The van der Waals surface area contributed by atoms with Gasteiger partial charge in [0, 0.05) is 18.7 Å². The molecule has 5 heteroatoms. The number of carbonyl (C=O) groups excluding carboxylic acids is 1. The quantitative estimate of drug-likeness (QED) is 0.754. The molecular weight excluding hydrogens is 262 g/mol. The van der Waals surface area contributed by atoms with Crippen molar-refractivity contribution in [3.05, 3.63) is 29.8 Å². The molecule has 0 amide bonds. The Kier molecular flexibility index (Phi) is 5.26. The molecule has 0 saturated heterocycles. The normalized spacial score (nSPS) is 13.5. The van der Waals surface area contributed by atoms with Crippen LogP contribution >= 0.6 is 0 Å². The van der Waals surface area contributed by atoms with Crippen LogP contribution in [0.25, 0.3) is 0 Å². The highest BCUT2D eigenvalue weighted by atomic mass is 32.2. The highest BCUT2D eigenvalue weighted by Crippen LogP contribution is 2.19. The standard InChI is InChI=1S/C14H21NO3S/c1-5-6-11(2)15(4)19(17,18)14-9-7-13(8-10-14)12(3)16/h7-11H,5-6H2,1-4H3. The van der Waals surface area contributed by atoms with E-state index in [1.807, 2.05) is 13.8 Å². The van der Waals surface area contributed by atoms with Crippen molar-refractivity contribution in [3.63, 3.8) is 0 Å². The molecule has 0 aliphatic carbocycles. The molecule has 0 saturated carbocycles. The fourth-order valence-electron chi connectivity index (χ4n) is 1.86. The number of hydrogen-bond acceptors (Lipinski definition) is 3. The number of hydrogen-bond donors (Lipinski definition) is 0. The van der Waals surface area contributed by atoms with Gasteiger partial charge >= 0.3 is 0 Å². The molecular formula is C14H21NO3S. The van der Waals surface area contributed by atoms with Gasteiger partial charge in [-0.2, -0.15) is 4.31 Å². The Bertz CT molecular complexity index is 534. The Balaban J connectivity index is 3.03. The maximum Gasteiger partial charge on any atom is 0.243 e. The zero-order valence-corrected chi connectivity index (χ0v) is 12.7. The first-order chi connectivity index (χ1) is 8.80. The summed E-state index contributed by atoms with van der Waals surface area (Å²) in [5.74, 6) is -0.0725. The van der Waals surface area contributed by atoms with E-state index in [2.05, 4.69) is 0 Å². The Morgan fingerprint density at radius 2 is 1.79 bits per heavy atom. The lowest BCUT2D eigenvalue weighted by molar-refractivity contribution is 0.101. The van der Waals surface area contributed by atoms with Gasteiger partial charge in [-0.25, -0.2) is 8.42 Å². The first kappa shape index (κ1) is 15.9. The van der Waals surface area contributed by atoms with Gasteiger partial charge in [-0.05, 0) is 32.4 Å². The fraction of sp³-hybridized carbons (Fsp3) is 0.500. The minimum atomic E-state index is -3.48. The third kappa shape index (κ3) is 3.64. The van der Waals surface area contributed by atoms with Crippen LogP contribution in [-0.4, -0.2) is 31.6 Å². The van der Waals surface area contributed by atoms with Crippen LogP contribution in [0.1, 0.15) is 44.0 Å². The molecule has 1 aromatic rings. The minimum Gasteiger partial charge on any atom is -0.295 e. The summed E-state index contributed by atoms with van der Waals surface area (Å²) in [6.07, 6.45) is 1.76. The third-order valence-electron chi connectivity index (χ3n) is 3.26. The summed E-state index contributed by atoms with van der Waals surface area (Å²) in [5.41, 5.74) is 0.517. The van der Waals surface area contributed by atoms with Crippen LogP contribution in [0.2, 0.25) is 0 Å². The topological polar surface area (TPSA) is 54.5 Å². The van der Waals surface area contributed by atoms with Crippen molar-refractivity contribution in [1.29, 1.82) is 0 Å². The van der Waals surface area contributed by atoms with E-state index in [1.165, 1.54) is 23.4 Å². The van der Waals surface area contributed by atoms with Crippen LogP contribution in [0.4, 0.5) is 0 Å². The molecule has 0 aliphatic heterocycles. The van der Waals surface area contributed by atoms with Gasteiger partial charge in [-0.3, -0.25) is 4.79 Å². The van der Waals surface area contributed by atoms with Gasteiger partial charge in [0.25, 0.3) is 0 Å². The number of Topliss-reactive ketones (excluding diaryl/α,β-unsaturated/α-hetero) is 1. The zero-order chi connectivity index (χ0) is 14.6. The summed E-state index contributed by atoms with van der Waals surface area (Å²) in [6.45, 7) is 5.38. The molecule has 0 N–H and O–H groups in total. The van der Waals surface area contributed by atoms with Gasteiger partial charge in [-0.1, -0.05) is 25.5 Å². The lowest BCUT2D eigenvalue weighted by Crippen LogP contribution is -2.34. The van der Waals surface area contributed by atoms with Gasteiger partial charge < -0.3 is 0 Å². The van der Waals surface area contributed by atoms with Gasteiger partial charge in [0.05, 0.1) is 4.90 Å². The second-order valence-electron chi connectivity index (χ2n) is 4.74. The predicted octanol–water partition coefficient (Wildman–Crippen LogP) is 2.70. The van der Waals surface area contributed by atoms with E-state index in [0.717, 1.165) is 12.8 Å². The van der Waals surface area contributed by atoms with Crippen LogP contribution in [0.3, 0.4) is 0 Å². The van der Waals surface area contributed by atoms with E-state index in [9.17, 15) is 13.2 Å². The molecule has 4 nitrogen and oxygen atoms in total. The summed E-state index contributed by atoms with van der Waals surface area (Å²) in [4.78, 5) is 11.4. The summed E-state index contributed by atoms with van der Waals surface area (Å²) in [5, 5.41) is 0. The molecule has 0 aliphatic rings. The Morgan fingerprint density at radius 1 is 1.26 bits per heavy atom. The van der Waals surface area contributed by atoms with Crippen molar-refractivity contribution in [3.8, 4) is 0 Å². The molecule has 1 aromatic carbocycles. The van der Waals surface area contributed by atoms with Crippen molar-refractivity contribution in [2.24, 2.45) is 0 Å². The molecule has 1 rings (SSSR count). The first-order valence-corrected chi connectivity index (χ1v) is 7.83. The predicted molar refractivity (Wildman–Crippen MR) is 75.8 cm³/mol. The number of sulfonamides is 1. The average Bonchev–Trinajstić information content (AvgIpc) is 2.38. The first-order valence-electron chi connectivity index (χ1n) is 6.39. The van der Waals surface area contributed by atoms with E-state index < -0.39 is 10.0 Å². The molecule has 106 valence electrons. The summed E-state index contributed by atoms with van der Waals surface area (Å²) in [7, 11) is -1.89. The Hall–Kier alpha value is -1.20. The van der Waals surface area contributed by atoms with Crippen LogP contribution in [-0.2, 0) is 10.0 Å². The maximum absolute atomic E-state index is 12.4.